The number of carbonyl (C=O) groups excluding carboxylic acids is 1. The summed E-state index contributed by atoms with van der Waals surface area (Å²) >= 11 is 0. The molecule has 0 radical (unpaired) electrons. The Kier molecular flexibility index (Phi) is 6.21. The third-order valence-corrected chi connectivity index (χ3v) is 4.63. The lowest BCUT2D eigenvalue weighted by Gasteiger charge is -2.14. The van der Waals surface area contributed by atoms with E-state index in [1.807, 2.05) is 38.1 Å². The molecule has 3 aromatic rings. The fourth-order valence-corrected chi connectivity index (χ4v) is 3.28. The summed E-state index contributed by atoms with van der Waals surface area (Å²) < 4.78 is 22.7. The number of nitrogens with one attached hydrogen (secondary N) is 1. The standard InChI is InChI=1S/C24H24N2O5/c1-3-28-22-13-17-12-16(2)30-21(17)14-20(22)26-23(27)15-29-18-7-9-19(10-8-18)31-24-6-4-5-11-25-24/h4-11,13-14,16H,3,12,15H2,1-2H3,(H,26,27)/t16-/m1/s1. The van der Waals surface area contributed by atoms with Gasteiger partial charge in [-0.1, -0.05) is 6.07 Å². The fourth-order valence-electron chi connectivity index (χ4n) is 3.28. The maximum absolute atomic E-state index is 12.4. The van der Waals surface area contributed by atoms with E-state index in [1.165, 1.54) is 0 Å². The van der Waals surface area contributed by atoms with Crippen LogP contribution in [0.1, 0.15) is 19.4 Å². The summed E-state index contributed by atoms with van der Waals surface area (Å²) in [5.74, 6) is 2.80. The highest BCUT2D eigenvalue weighted by Crippen LogP contribution is 2.38. The van der Waals surface area contributed by atoms with Crippen molar-refractivity contribution in [3.8, 4) is 28.9 Å². The lowest BCUT2D eigenvalue weighted by Crippen LogP contribution is -2.20. The number of fused-ring (bicyclic) bond motifs is 1. The predicted molar refractivity (Wildman–Crippen MR) is 116 cm³/mol. The van der Waals surface area contributed by atoms with Crippen LogP contribution >= 0.6 is 0 Å². The summed E-state index contributed by atoms with van der Waals surface area (Å²) in [5, 5.41) is 2.85. The molecule has 0 saturated carbocycles. The van der Waals surface area contributed by atoms with Crippen LogP contribution in [-0.4, -0.2) is 30.2 Å². The van der Waals surface area contributed by atoms with Gasteiger partial charge in [-0.2, -0.15) is 0 Å². The smallest absolute Gasteiger partial charge is 0.262 e. The number of hydrogen-bond acceptors (Lipinski definition) is 6. The van der Waals surface area contributed by atoms with Gasteiger partial charge in [0.1, 0.15) is 29.1 Å². The molecule has 31 heavy (non-hydrogen) atoms. The zero-order valence-corrected chi connectivity index (χ0v) is 17.5. The van der Waals surface area contributed by atoms with Gasteiger partial charge in [0.2, 0.25) is 5.88 Å². The fraction of sp³-hybridized carbons (Fsp3) is 0.250. The Bertz CT molecular complexity index is 1040. The van der Waals surface area contributed by atoms with Gasteiger partial charge in [0.05, 0.1) is 12.3 Å². The van der Waals surface area contributed by atoms with Gasteiger partial charge in [0.15, 0.2) is 6.61 Å². The number of carbonyl (C=O) groups is 1. The molecule has 1 aromatic heterocycles. The molecule has 1 aliphatic rings. The van der Waals surface area contributed by atoms with Gasteiger partial charge < -0.3 is 24.3 Å². The molecule has 2 heterocycles. The van der Waals surface area contributed by atoms with Crippen LogP contribution in [-0.2, 0) is 11.2 Å². The van der Waals surface area contributed by atoms with E-state index in [0.29, 0.717) is 35.4 Å². The van der Waals surface area contributed by atoms with Crippen molar-refractivity contribution in [3.05, 3.63) is 66.4 Å². The van der Waals surface area contributed by atoms with Crippen molar-refractivity contribution in [2.45, 2.75) is 26.4 Å². The van der Waals surface area contributed by atoms with Crippen molar-refractivity contribution in [3.63, 3.8) is 0 Å². The minimum Gasteiger partial charge on any atom is -0.492 e. The zero-order chi connectivity index (χ0) is 21.6. The number of anilines is 1. The molecule has 0 bridgehead atoms. The van der Waals surface area contributed by atoms with Crippen LogP contribution in [0.25, 0.3) is 0 Å². The van der Waals surface area contributed by atoms with Crippen LogP contribution in [0.3, 0.4) is 0 Å². The average molecular weight is 420 g/mol. The van der Waals surface area contributed by atoms with Gasteiger partial charge in [-0.3, -0.25) is 4.79 Å². The second kappa shape index (κ2) is 9.38. The van der Waals surface area contributed by atoms with E-state index in [2.05, 4.69) is 10.3 Å². The monoisotopic (exact) mass is 420 g/mol. The van der Waals surface area contributed by atoms with E-state index >= 15 is 0 Å². The van der Waals surface area contributed by atoms with Crippen LogP contribution in [0.5, 0.6) is 28.9 Å². The first kappa shape index (κ1) is 20.5. The van der Waals surface area contributed by atoms with E-state index in [4.69, 9.17) is 18.9 Å². The molecular formula is C24H24N2O5. The van der Waals surface area contributed by atoms with Crippen LogP contribution in [0.4, 0.5) is 5.69 Å². The summed E-state index contributed by atoms with van der Waals surface area (Å²) in [4.78, 5) is 16.6. The Hall–Kier alpha value is -3.74. The normalized spacial score (nSPS) is 14.3. The highest BCUT2D eigenvalue weighted by atomic mass is 16.5. The first-order valence-corrected chi connectivity index (χ1v) is 10.2. The molecule has 0 fully saturated rings. The second-order valence-electron chi connectivity index (χ2n) is 7.10. The quantitative estimate of drug-likeness (QED) is 0.573. The highest BCUT2D eigenvalue weighted by molar-refractivity contribution is 5.93. The SMILES string of the molecule is CCOc1cc2c(cc1NC(=O)COc1ccc(Oc3ccccn3)cc1)O[C@H](C)C2. The molecule has 7 nitrogen and oxygen atoms in total. The van der Waals surface area contributed by atoms with E-state index in [-0.39, 0.29) is 18.6 Å². The third kappa shape index (κ3) is 5.25. The van der Waals surface area contributed by atoms with E-state index in [0.717, 1.165) is 17.7 Å². The van der Waals surface area contributed by atoms with Crippen molar-refractivity contribution in [2.75, 3.05) is 18.5 Å². The third-order valence-electron chi connectivity index (χ3n) is 4.63. The minimum atomic E-state index is -0.291. The summed E-state index contributed by atoms with van der Waals surface area (Å²) in [6.45, 7) is 4.28. The summed E-state index contributed by atoms with van der Waals surface area (Å²) in [7, 11) is 0. The van der Waals surface area contributed by atoms with E-state index in [1.54, 1.807) is 36.5 Å². The molecule has 1 N–H and O–H groups in total. The first-order chi connectivity index (χ1) is 15.1. The van der Waals surface area contributed by atoms with Crippen molar-refractivity contribution < 1.29 is 23.7 Å². The number of rotatable bonds is 8. The molecule has 0 spiro atoms. The first-order valence-electron chi connectivity index (χ1n) is 10.2. The molecule has 0 saturated heterocycles. The molecule has 4 rings (SSSR count). The van der Waals surface area contributed by atoms with Gasteiger partial charge >= 0.3 is 0 Å². The maximum atomic E-state index is 12.4. The van der Waals surface area contributed by atoms with Gasteiger partial charge in [0.25, 0.3) is 5.91 Å². The van der Waals surface area contributed by atoms with Crippen LogP contribution < -0.4 is 24.3 Å². The summed E-state index contributed by atoms with van der Waals surface area (Å²) in [6, 6.07) is 16.2. The zero-order valence-electron chi connectivity index (χ0n) is 17.5. The number of ether oxygens (including phenoxy) is 4. The second-order valence-corrected chi connectivity index (χ2v) is 7.10. The number of aromatic nitrogens is 1. The van der Waals surface area contributed by atoms with Crippen molar-refractivity contribution in [1.29, 1.82) is 0 Å². The van der Waals surface area contributed by atoms with Gasteiger partial charge in [-0.05, 0) is 50.2 Å². The Morgan fingerprint density at radius 3 is 2.68 bits per heavy atom. The number of benzene rings is 2. The molecular weight excluding hydrogens is 396 g/mol. The predicted octanol–water partition coefficient (Wildman–Crippen LogP) is 4.61. The number of pyridine rings is 1. The summed E-state index contributed by atoms with van der Waals surface area (Å²) in [6.07, 6.45) is 2.60. The lowest BCUT2D eigenvalue weighted by molar-refractivity contribution is -0.118. The van der Waals surface area contributed by atoms with Gasteiger partial charge in [0, 0.05) is 30.3 Å². The van der Waals surface area contributed by atoms with Crippen LogP contribution in [0.2, 0.25) is 0 Å². The minimum absolute atomic E-state index is 0.114. The van der Waals surface area contributed by atoms with E-state index < -0.39 is 0 Å². The molecule has 160 valence electrons. The number of nitrogens with zero attached hydrogens (tertiary/aromatic N) is 1. The lowest BCUT2D eigenvalue weighted by atomic mass is 10.1. The molecule has 2 aromatic carbocycles. The molecule has 1 aliphatic heterocycles. The largest absolute Gasteiger partial charge is 0.492 e. The average Bonchev–Trinajstić information content (AvgIpc) is 3.13. The maximum Gasteiger partial charge on any atom is 0.262 e. The molecule has 0 unspecified atom stereocenters. The Labute approximate surface area is 180 Å². The van der Waals surface area contributed by atoms with Crippen molar-refractivity contribution in [1.82, 2.24) is 4.98 Å². The molecule has 1 atom stereocenters. The number of amides is 1. The molecule has 0 aliphatic carbocycles. The van der Waals surface area contributed by atoms with Crippen LogP contribution in [0, 0.1) is 0 Å². The molecule has 7 heteroatoms. The number of hydrogen-bond donors (Lipinski definition) is 1. The van der Waals surface area contributed by atoms with Crippen molar-refractivity contribution >= 4 is 11.6 Å². The van der Waals surface area contributed by atoms with Crippen molar-refractivity contribution in [2.24, 2.45) is 0 Å². The van der Waals surface area contributed by atoms with Gasteiger partial charge in [-0.25, -0.2) is 4.98 Å². The molecule has 1 amide bonds. The topological polar surface area (TPSA) is 78.9 Å². The highest BCUT2D eigenvalue weighted by Gasteiger charge is 2.22. The summed E-state index contributed by atoms with van der Waals surface area (Å²) in [5.41, 5.74) is 1.65. The van der Waals surface area contributed by atoms with Crippen LogP contribution in [0.15, 0.2) is 60.8 Å². The Balaban J connectivity index is 1.35. The Morgan fingerprint density at radius 1 is 1.13 bits per heavy atom. The van der Waals surface area contributed by atoms with Gasteiger partial charge in [-0.15, -0.1) is 0 Å². The Morgan fingerprint density at radius 2 is 1.94 bits per heavy atom. The van der Waals surface area contributed by atoms with E-state index in [9.17, 15) is 4.79 Å².